The minimum Gasteiger partial charge on any atom is -0.872 e. The Balaban J connectivity index is 0.000000523. The van der Waals surface area contributed by atoms with Gasteiger partial charge in [-0.2, -0.15) is 0 Å². The molecule has 0 unspecified atom stereocenters. The number of rotatable bonds is 12. The van der Waals surface area contributed by atoms with Crippen LogP contribution in [0, 0.1) is 0 Å². The van der Waals surface area contributed by atoms with Crippen molar-refractivity contribution in [2.45, 2.75) is 90.9 Å². The molecule has 2 rings (SSSR count). The second-order valence-corrected chi connectivity index (χ2v) is 7.62. The van der Waals surface area contributed by atoms with E-state index in [1.807, 2.05) is 24.3 Å². The Labute approximate surface area is 198 Å². The first-order valence-electron chi connectivity index (χ1n) is 11.2. The van der Waals surface area contributed by atoms with E-state index in [1.165, 1.54) is 75.3 Å². The summed E-state index contributed by atoms with van der Waals surface area (Å²) in [4.78, 5) is 0. The molecule has 156 valence electrons. The second kappa shape index (κ2) is 19.0. The van der Waals surface area contributed by atoms with Crippen LogP contribution in [0.1, 0.15) is 89.2 Å². The molecule has 2 nitrogen and oxygen atoms in total. The molecule has 0 aliphatic rings. The van der Waals surface area contributed by atoms with Crippen molar-refractivity contribution in [1.29, 1.82) is 0 Å². The smallest absolute Gasteiger partial charge is 0.872 e. The van der Waals surface area contributed by atoms with Gasteiger partial charge in [0, 0.05) is 0 Å². The summed E-state index contributed by atoms with van der Waals surface area (Å²) in [5.41, 5.74) is 2.38. The van der Waals surface area contributed by atoms with Crippen molar-refractivity contribution in [3.63, 3.8) is 0 Å². The molecule has 0 radical (unpaired) electrons. The molecule has 2 aromatic carbocycles. The van der Waals surface area contributed by atoms with Gasteiger partial charge in [-0.25, -0.2) is 0 Å². The van der Waals surface area contributed by atoms with Gasteiger partial charge in [0.1, 0.15) is 0 Å². The van der Waals surface area contributed by atoms with Gasteiger partial charge in [0.25, 0.3) is 0 Å². The summed E-state index contributed by atoms with van der Waals surface area (Å²) in [7, 11) is 0. The summed E-state index contributed by atoms with van der Waals surface area (Å²) in [6.07, 6.45) is 15.0. The van der Waals surface area contributed by atoms with Crippen LogP contribution in [-0.4, -0.2) is 0 Å². The Morgan fingerprint density at radius 3 is 1.28 bits per heavy atom. The van der Waals surface area contributed by atoms with Gasteiger partial charge in [0.05, 0.1) is 0 Å². The van der Waals surface area contributed by atoms with Gasteiger partial charge in [-0.1, -0.05) is 114 Å². The van der Waals surface area contributed by atoms with Gasteiger partial charge in [-0.15, -0.1) is 11.5 Å². The van der Waals surface area contributed by atoms with Crippen LogP contribution in [-0.2, 0) is 40.1 Å². The van der Waals surface area contributed by atoms with Crippen LogP contribution in [0.5, 0.6) is 11.5 Å². The minimum atomic E-state index is 0. The van der Waals surface area contributed by atoms with Gasteiger partial charge in [0.15, 0.2) is 0 Å². The van der Waals surface area contributed by atoms with Crippen molar-refractivity contribution in [3.05, 3.63) is 59.7 Å². The van der Waals surface area contributed by atoms with E-state index < -0.39 is 0 Å². The van der Waals surface area contributed by atoms with E-state index in [2.05, 4.69) is 13.8 Å². The van der Waals surface area contributed by atoms with Crippen molar-refractivity contribution < 1.29 is 37.5 Å². The van der Waals surface area contributed by atoms with E-state index in [4.69, 9.17) is 0 Å². The molecule has 0 heterocycles. The summed E-state index contributed by atoms with van der Waals surface area (Å²) in [6.45, 7) is 4.45. The largest absolute Gasteiger partial charge is 2.00 e. The first kappa shape index (κ1) is 28.0. The maximum absolute atomic E-state index is 11.0. The van der Waals surface area contributed by atoms with Gasteiger partial charge >= 0.3 is 27.3 Å². The molecule has 0 N–H and O–H groups in total. The Hall–Kier alpha value is -1.04. The molecular weight excluding hydrogens is 457 g/mol. The second-order valence-electron chi connectivity index (χ2n) is 7.62. The van der Waals surface area contributed by atoms with Crippen LogP contribution in [0.3, 0.4) is 0 Å². The fourth-order valence-corrected chi connectivity index (χ4v) is 3.27. The van der Waals surface area contributed by atoms with E-state index in [9.17, 15) is 10.2 Å². The molecule has 0 saturated carbocycles. The van der Waals surface area contributed by atoms with Crippen LogP contribution in [0.25, 0.3) is 0 Å². The molecule has 0 aromatic heterocycles. The average molecular weight is 495 g/mol. The zero-order chi connectivity index (χ0) is 20.5. The molecule has 29 heavy (non-hydrogen) atoms. The Bertz CT molecular complexity index is 572. The predicted molar refractivity (Wildman–Crippen MR) is 117 cm³/mol. The molecule has 0 aliphatic heterocycles. The number of aryl methyl sites for hydroxylation is 2. The maximum Gasteiger partial charge on any atom is 2.00 e. The molecule has 0 amide bonds. The summed E-state index contributed by atoms with van der Waals surface area (Å²) in [5, 5.41) is 22.1. The monoisotopic (exact) mass is 496 g/mol. The number of hydrogen-bond acceptors (Lipinski definition) is 2. The third kappa shape index (κ3) is 15.5. The summed E-state index contributed by atoms with van der Waals surface area (Å²) >= 11 is 0. The molecule has 0 saturated heterocycles. The fraction of sp³-hybridized carbons (Fsp3) is 0.538. The Kier molecular flexibility index (Phi) is 18.3. The van der Waals surface area contributed by atoms with Crippen LogP contribution in [0.15, 0.2) is 48.5 Å². The van der Waals surface area contributed by atoms with E-state index in [1.54, 1.807) is 24.3 Å². The van der Waals surface area contributed by atoms with Crippen LogP contribution < -0.4 is 10.2 Å². The van der Waals surface area contributed by atoms with Crippen molar-refractivity contribution in [1.82, 2.24) is 0 Å². The molecule has 0 aliphatic carbocycles. The van der Waals surface area contributed by atoms with Crippen molar-refractivity contribution in [3.8, 4) is 11.5 Å². The van der Waals surface area contributed by atoms with Gasteiger partial charge in [0.2, 0.25) is 0 Å². The van der Waals surface area contributed by atoms with E-state index >= 15 is 0 Å². The fourth-order valence-electron chi connectivity index (χ4n) is 3.27. The van der Waals surface area contributed by atoms with Gasteiger partial charge in [-0.3, -0.25) is 0 Å². The van der Waals surface area contributed by atoms with E-state index in [0.29, 0.717) is 0 Å². The molecule has 0 spiro atoms. The van der Waals surface area contributed by atoms with E-state index in [-0.39, 0.29) is 38.8 Å². The number of hydrogen-bond donors (Lipinski definition) is 0. The molecule has 3 heteroatoms. The zero-order valence-corrected chi connectivity index (χ0v) is 22.7. The number of unbranched alkanes of at least 4 members (excludes halogenated alkanes) is 8. The summed E-state index contributed by atoms with van der Waals surface area (Å²) in [5.74, 6) is 0.270. The molecule has 0 atom stereocenters. The molecule has 2 aromatic rings. The maximum atomic E-state index is 11.0. The van der Waals surface area contributed by atoms with Crippen molar-refractivity contribution in [2.24, 2.45) is 0 Å². The molecule has 0 fully saturated rings. The van der Waals surface area contributed by atoms with Gasteiger partial charge < -0.3 is 10.2 Å². The Morgan fingerprint density at radius 1 is 0.552 bits per heavy atom. The predicted octanol–water partition coefficient (Wildman–Crippen LogP) is 6.54. The topological polar surface area (TPSA) is 46.1 Å². The van der Waals surface area contributed by atoms with Crippen molar-refractivity contribution >= 4 is 0 Å². The van der Waals surface area contributed by atoms with Gasteiger partial charge in [-0.05, 0) is 36.8 Å². The zero-order valence-electron chi connectivity index (χ0n) is 18.6. The third-order valence-corrected chi connectivity index (χ3v) is 4.93. The minimum absolute atomic E-state index is 0. The average Bonchev–Trinajstić information content (AvgIpc) is 2.68. The molecular formula is C26H38CdO2. The Morgan fingerprint density at radius 2 is 0.931 bits per heavy atom. The standard InChI is InChI=1S/2C13H20O.Cd/c2*1-2-3-4-5-6-8-12-9-7-10-13(14)11-12;/h2*7,9-11,14H,2-6,8H2,1H3;/q;;+2/p-2. The molecule has 0 bridgehead atoms. The van der Waals surface area contributed by atoms with Crippen LogP contribution >= 0.6 is 0 Å². The normalized spacial score (nSPS) is 10.0. The number of benzene rings is 2. The first-order chi connectivity index (χ1) is 13.7. The first-order valence-corrected chi connectivity index (χ1v) is 11.2. The summed E-state index contributed by atoms with van der Waals surface area (Å²) in [6, 6.07) is 14.5. The van der Waals surface area contributed by atoms with Crippen molar-refractivity contribution in [2.75, 3.05) is 0 Å². The third-order valence-electron chi connectivity index (χ3n) is 4.93. The van der Waals surface area contributed by atoms with Crippen LogP contribution in [0.4, 0.5) is 0 Å². The van der Waals surface area contributed by atoms with Crippen LogP contribution in [0.2, 0.25) is 0 Å². The SMILES string of the molecule is CCCCCCCc1cccc([O-])c1.CCCCCCCc1cccc([O-])c1.[Cd+2]. The van der Waals surface area contributed by atoms with E-state index in [0.717, 1.165) is 12.8 Å². The summed E-state index contributed by atoms with van der Waals surface area (Å²) < 4.78 is 0. The quantitative estimate of drug-likeness (QED) is 0.248.